The molecule has 1 saturated heterocycles. The minimum atomic E-state index is -1.10. The molecule has 2 saturated carbocycles. The van der Waals surface area contributed by atoms with Crippen LogP contribution in [-0.4, -0.2) is 87.2 Å². The summed E-state index contributed by atoms with van der Waals surface area (Å²) in [7, 11) is 0. The summed E-state index contributed by atoms with van der Waals surface area (Å²) in [6.45, 7) is 0.684. The van der Waals surface area contributed by atoms with E-state index in [0.29, 0.717) is 68.1 Å². The van der Waals surface area contributed by atoms with Crippen molar-refractivity contribution in [1.29, 1.82) is 0 Å². The van der Waals surface area contributed by atoms with Gasteiger partial charge < -0.3 is 25.4 Å². The van der Waals surface area contributed by atoms with Gasteiger partial charge in [-0.15, -0.1) is 0 Å². The number of carbonyl (C=O) groups is 6. The van der Waals surface area contributed by atoms with Gasteiger partial charge in [-0.1, -0.05) is 25.3 Å². The van der Waals surface area contributed by atoms with Gasteiger partial charge in [0.25, 0.3) is 23.3 Å². The van der Waals surface area contributed by atoms with E-state index in [1.165, 1.54) is 37.5 Å². The minimum absolute atomic E-state index is 0.0101. The van der Waals surface area contributed by atoms with Crippen molar-refractivity contribution < 1.29 is 38.2 Å². The van der Waals surface area contributed by atoms with E-state index in [2.05, 4.69) is 26.3 Å². The van der Waals surface area contributed by atoms with E-state index < -0.39 is 35.6 Å². The highest BCUT2D eigenvalue weighted by Gasteiger charge is 2.46. The number of aromatic nitrogens is 3. The second-order valence-electron chi connectivity index (χ2n) is 16.0. The molecule has 4 aliphatic rings. The molecule has 2 aromatic carbocycles. The first-order valence-electron chi connectivity index (χ1n) is 21.0. The SMILES string of the molecule is O=C(CCCCCCNC(=O)COc1cccc2c1C(=O)N(C1CCC(=O)NC1=O)C2=O)NCCOc1ccc(Nc2ncc3ccc(=O)n(C4CC5CCC4C5)c3n2)cc1. The van der Waals surface area contributed by atoms with E-state index in [1.54, 1.807) is 18.3 Å². The molecular formula is C44H48N8O9. The normalized spacial score (nSPS) is 20.4. The zero-order chi connectivity index (χ0) is 42.5. The third-order valence-corrected chi connectivity index (χ3v) is 11.9. The van der Waals surface area contributed by atoms with Gasteiger partial charge in [0.2, 0.25) is 23.7 Å². The number of nitrogens with zero attached hydrogens (tertiary/aromatic N) is 4. The molecule has 8 rings (SSSR count). The summed E-state index contributed by atoms with van der Waals surface area (Å²) in [6, 6.07) is 14.3. The molecule has 6 amide bonds. The molecule has 2 aromatic heterocycles. The largest absolute Gasteiger partial charge is 0.492 e. The number of amides is 6. The average molecular weight is 833 g/mol. The van der Waals surface area contributed by atoms with Gasteiger partial charge in [0.15, 0.2) is 6.61 Å². The van der Waals surface area contributed by atoms with E-state index in [-0.39, 0.29) is 53.8 Å². The number of hydrogen-bond donors (Lipinski definition) is 4. The van der Waals surface area contributed by atoms with Crippen molar-refractivity contribution in [1.82, 2.24) is 35.4 Å². The Bertz CT molecular complexity index is 2420. The Morgan fingerprint density at radius 2 is 1.64 bits per heavy atom. The minimum Gasteiger partial charge on any atom is -0.492 e. The predicted molar refractivity (Wildman–Crippen MR) is 221 cm³/mol. The van der Waals surface area contributed by atoms with Crippen molar-refractivity contribution in [3.63, 3.8) is 0 Å². The first kappa shape index (κ1) is 41.1. The van der Waals surface area contributed by atoms with Crippen LogP contribution in [0.1, 0.15) is 97.4 Å². The smallest absolute Gasteiger partial charge is 0.266 e. The second-order valence-corrected chi connectivity index (χ2v) is 16.0. The Morgan fingerprint density at radius 3 is 2.43 bits per heavy atom. The maximum atomic E-state index is 13.2. The van der Waals surface area contributed by atoms with Crippen molar-refractivity contribution >= 4 is 58.1 Å². The predicted octanol–water partition coefficient (Wildman–Crippen LogP) is 3.94. The van der Waals surface area contributed by atoms with E-state index in [0.717, 1.165) is 35.2 Å². The molecule has 2 aliphatic heterocycles. The average Bonchev–Trinajstić information content (AvgIpc) is 3.96. The van der Waals surface area contributed by atoms with Crippen molar-refractivity contribution in [2.45, 2.75) is 82.7 Å². The molecule has 0 radical (unpaired) electrons. The maximum absolute atomic E-state index is 13.2. The molecule has 17 heteroatoms. The number of pyridine rings is 1. The summed E-state index contributed by atoms with van der Waals surface area (Å²) in [6.07, 6.45) is 9.81. The van der Waals surface area contributed by atoms with Gasteiger partial charge in [-0.25, -0.2) is 4.98 Å². The van der Waals surface area contributed by atoms with Gasteiger partial charge in [-0.3, -0.25) is 48.3 Å². The number of imide groups is 2. The molecule has 4 aromatic rings. The number of ether oxygens (including phenoxy) is 2. The lowest BCUT2D eigenvalue weighted by molar-refractivity contribution is -0.136. The van der Waals surface area contributed by atoms with Crippen LogP contribution in [-0.2, 0) is 19.2 Å². The highest BCUT2D eigenvalue weighted by Crippen LogP contribution is 2.50. The number of piperidine rings is 1. The van der Waals surface area contributed by atoms with E-state index >= 15 is 0 Å². The Morgan fingerprint density at radius 1 is 0.820 bits per heavy atom. The summed E-state index contributed by atoms with van der Waals surface area (Å²) < 4.78 is 13.3. The van der Waals surface area contributed by atoms with Crippen LogP contribution >= 0.6 is 0 Å². The van der Waals surface area contributed by atoms with Crippen LogP contribution in [0.2, 0.25) is 0 Å². The summed E-state index contributed by atoms with van der Waals surface area (Å²) in [4.78, 5) is 98.0. The molecule has 318 valence electrons. The fourth-order valence-corrected chi connectivity index (χ4v) is 8.95. The van der Waals surface area contributed by atoms with Crippen LogP contribution in [0, 0.1) is 11.8 Å². The standard InChI is InChI=1S/C44H48N8O9/c53-35(8-3-1-2-4-19-45-37(55)25-61-34-7-5-6-31-39(34)43(59)52(42(31)58)32-16-17-36(54)49-41(32)57)46-20-21-60-30-14-12-29(13-15-30)48-44-47-24-28-11-18-38(56)51(40(28)50-44)33-23-26-9-10-27(33)22-26/h5-7,11-15,18,24,26-27,32-33H,1-4,8-10,16-17,19-23,25H2,(H,45,55)(H,46,53)(H,47,48,50)(H,49,54,57). The molecule has 17 nitrogen and oxygen atoms in total. The van der Waals surface area contributed by atoms with Crippen molar-refractivity contribution in [2.75, 3.05) is 31.6 Å². The third kappa shape index (κ3) is 9.25. The van der Waals surface area contributed by atoms with Crippen LogP contribution < -0.4 is 36.3 Å². The third-order valence-electron chi connectivity index (χ3n) is 11.9. The van der Waals surface area contributed by atoms with Crippen molar-refractivity contribution in [3.05, 3.63) is 82.3 Å². The number of carbonyl (C=O) groups excluding carboxylic acids is 6. The molecule has 2 aliphatic carbocycles. The Hall–Kier alpha value is -6.65. The number of anilines is 2. The Labute approximate surface area is 351 Å². The zero-order valence-corrected chi connectivity index (χ0v) is 33.7. The van der Waals surface area contributed by atoms with Crippen molar-refractivity contribution in [2.24, 2.45) is 11.8 Å². The number of rotatable bonds is 18. The zero-order valence-electron chi connectivity index (χ0n) is 33.7. The molecule has 4 unspecified atom stereocenters. The molecule has 2 bridgehead atoms. The molecule has 4 atom stereocenters. The summed E-state index contributed by atoms with van der Waals surface area (Å²) in [5, 5.41) is 11.9. The Kier molecular flexibility index (Phi) is 12.3. The number of unbranched alkanes of at least 4 members (excludes halogenated alkanes) is 3. The van der Waals surface area contributed by atoms with Gasteiger partial charge in [-0.05, 0) is 92.8 Å². The van der Waals surface area contributed by atoms with Crippen LogP contribution in [0.15, 0.2) is 65.6 Å². The highest BCUT2D eigenvalue weighted by molar-refractivity contribution is 6.24. The lowest BCUT2D eigenvalue weighted by Gasteiger charge is -2.27. The molecule has 61 heavy (non-hydrogen) atoms. The molecule has 0 spiro atoms. The van der Waals surface area contributed by atoms with Crippen LogP contribution in [0.25, 0.3) is 11.0 Å². The lowest BCUT2D eigenvalue weighted by Crippen LogP contribution is -2.54. The molecule has 4 heterocycles. The van der Waals surface area contributed by atoms with Crippen LogP contribution in [0.5, 0.6) is 11.5 Å². The quantitative estimate of drug-likeness (QED) is 0.0828. The van der Waals surface area contributed by atoms with Gasteiger partial charge in [0.1, 0.15) is 29.8 Å². The Balaban J connectivity index is 0.684. The maximum Gasteiger partial charge on any atom is 0.266 e. The number of hydrogen-bond acceptors (Lipinski definition) is 12. The first-order valence-corrected chi connectivity index (χ1v) is 21.0. The van der Waals surface area contributed by atoms with Gasteiger partial charge >= 0.3 is 0 Å². The topological polar surface area (TPSA) is 220 Å². The fraction of sp³-hybridized carbons (Fsp3) is 0.432. The van der Waals surface area contributed by atoms with Gasteiger partial charge in [0.05, 0.1) is 17.7 Å². The second kappa shape index (κ2) is 18.3. The molecular weight excluding hydrogens is 785 g/mol. The molecule has 4 N–H and O–H groups in total. The van der Waals surface area contributed by atoms with Gasteiger partial charge in [-0.2, -0.15) is 4.98 Å². The fourth-order valence-electron chi connectivity index (χ4n) is 8.95. The number of benzene rings is 2. The molecule has 3 fully saturated rings. The van der Waals surface area contributed by atoms with Crippen LogP contribution in [0.4, 0.5) is 11.6 Å². The van der Waals surface area contributed by atoms with Gasteiger partial charge in [0, 0.05) is 48.8 Å². The lowest BCUT2D eigenvalue weighted by atomic mass is 9.95. The van der Waals surface area contributed by atoms with E-state index in [1.807, 2.05) is 28.8 Å². The van der Waals surface area contributed by atoms with E-state index in [4.69, 9.17) is 14.5 Å². The van der Waals surface area contributed by atoms with Crippen molar-refractivity contribution in [3.8, 4) is 11.5 Å². The number of nitrogens with one attached hydrogen (secondary N) is 4. The summed E-state index contributed by atoms with van der Waals surface area (Å²) in [5.74, 6) is -0.652. The summed E-state index contributed by atoms with van der Waals surface area (Å²) in [5.41, 5.74) is 1.46. The number of fused-ring (bicyclic) bond motifs is 4. The monoisotopic (exact) mass is 832 g/mol. The van der Waals surface area contributed by atoms with Crippen LogP contribution in [0.3, 0.4) is 0 Å². The summed E-state index contributed by atoms with van der Waals surface area (Å²) >= 11 is 0. The van der Waals surface area contributed by atoms with E-state index in [9.17, 15) is 33.6 Å². The first-order chi connectivity index (χ1) is 29.6. The highest BCUT2D eigenvalue weighted by atomic mass is 16.5.